The Labute approximate surface area is 114 Å². The van der Waals surface area contributed by atoms with Crippen LogP contribution in [0.1, 0.15) is 24.9 Å². The van der Waals surface area contributed by atoms with Gasteiger partial charge >= 0.3 is 0 Å². The third-order valence-electron chi connectivity index (χ3n) is 3.95. The molecule has 2 rings (SSSR count). The fourth-order valence-electron chi connectivity index (χ4n) is 2.67. The molecule has 1 amide bonds. The molecule has 1 saturated heterocycles. The third kappa shape index (κ3) is 2.96. The van der Waals surface area contributed by atoms with Crippen LogP contribution in [0.15, 0.2) is 30.3 Å². The molecule has 0 spiro atoms. The van der Waals surface area contributed by atoms with E-state index >= 15 is 0 Å². The van der Waals surface area contributed by atoms with Gasteiger partial charge in [0.25, 0.3) is 0 Å². The van der Waals surface area contributed by atoms with E-state index in [1.54, 1.807) is 0 Å². The fourth-order valence-corrected chi connectivity index (χ4v) is 2.67. The number of piperazine rings is 1. The van der Waals surface area contributed by atoms with Crippen molar-refractivity contribution in [2.24, 2.45) is 0 Å². The van der Waals surface area contributed by atoms with Crippen molar-refractivity contribution in [3.63, 3.8) is 0 Å². The lowest BCUT2D eigenvalue weighted by molar-refractivity contribution is -0.144. The highest BCUT2D eigenvalue weighted by molar-refractivity contribution is 5.83. The minimum absolute atomic E-state index is 0.0499. The maximum Gasteiger partial charge on any atom is 0.240 e. The molecule has 104 valence electrons. The molecule has 1 heterocycles. The van der Waals surface area contributed by atoms with E-state index in [4.69, 9.17) is 5.11 Å². The summed E-state index contributed by atoms with van der Waals surface area (Å²) >= 11 is 0. The summed E-state index contributed by atoms with van der Waals surface area (Å²) in [5, 5.41) is 9.10. The number of nitrogens with zero attached hydrogens (tertiary/aromatic N) is 2. The van der Waals surface area contributed by atoms with Crippen LogP contribution in [0.3, 0.4) is 0 Å². The molecule has 0 aromatic heterocycles. The Morgan fingerprint density at radius 1 is 1.32 bits per heavy atom. The molecule has 1 aliphatic rings. The SMILES string of the molecule is CC(c1ccccc1)N1CCN(C)C(CCO)C1=O. The van der Waals surface area contributed by atoms with Crippen molar-refractivity contribution in [2.45, 2.75) is 25.4 Å². The Balaban J connectivity index is 2.14. The Morgan fingerprint density at radius 2 is 2.00 bits per heavy atom. The van der Waals surface area contributed by atoms with Gasteiger partial charge in [-0.3, -0.25) is 9.69 Å². The molecule has 1 fully saturated rings. The van der Waals surface area contributed by atoms with Gasteiger partial charge in [-0.25, -0.2) is 0 Å². The molecule has 0 saturated carbocycles. The largest absolute Gasteiger partial charge is 0.396 e. The molecule has 0 bridgehead atoms. The number of carbonyl (C=O) groups is 1. The zero-order chi connectivity index (χ0) is 13.8. The van der Waals surface area contributed by atoms with Crippen molar-refractivity contribution in [1.82, 2.24) is 9.80 Å². The standard InChI is InChI=1S/C15H22N2O2/c1-12(13-6-4-3-5-7-13)17-10-9-16(2)14(8-11-18)15(17)19/h3-7,12,14,18H,8-11H2,1-2H3. The second-order valence-corrected chi connectivity index (χ2v) is 5.13. The second-order valence-electron chi connectivity index (χ2n) is 5.13. The van der Waals surface area contributed by atoms with Gasteiger partial charge in [-0.05, 0) is 26.0 Å². The average molecular weight is 262 g/mol. The van der Waals surface area contributed by atoms with Crippen LogP contribution in [0.5, 0.6) is 0 Å². The van der Waals surface area contributed by atoms with E-state index < -0.39 is 0 Å². The quantitative estimate of drug-likeness (QED) is 0.889. The van der Waals surface area contributed by atoms with Crippen LogP contribution >= 0.6 is 0 Å². The Kier molecular flexibility index (Phi) is 4.56. The molecule has 2 unspecified atom stereocenters. The summed E-state index contributed by atoms with van der Waals surface area (Å²) in [5.74, 6) is 0.124. The van der Waals surface area contributed by atoms with Crippen molar-refractivity contribution in [3.8, 4) is 0 Å². The predicted octanol–water partition coefficient (Wildman–Crippen LogP) is 1.27. The van der Waals surface area contributed by atoms with E-state index in [1.165, 1.54) is 0 Å². The number of rotatable bonds is 4. The van der Waals surface area contributed by atoms with Crippen LogP contribution in [0.2, 0.25) is 0 Å². The summed E-state index contributed by atoms with van der Waals surface area (Å²) in [6.07, 6.45) is 0.507. The van der Waals surface area contributed by atoms with Crippen molar-refractivity contribution in [3.05, 3.63) is 35.9 Å². The lowest BCUT2D eigenvalue weighted by Gasteiger charge is -2.41. The van der Waals surface area contributed by atoms with Crippen LogP contribution in [0.25, 0.3) is 0 Å². The summed E-state index contributed by atoms with van der Waals surface area (Å²) < 4.78 is 0. The maximum absolute atomic E-state index is 12.5. The first-order valence-electron chi connectivity index (χ1n) is 6.81. The van der Waals surface area contributed by atoms with Crippen molar-refractivity contribution >= 4 is 5.91 Å². The number of likely N-dealkylation sites (N-methyl/N-ethyl adjacent to an activating group) is 1. The van der Waals surface area contributed by atoms with Crippen molar-refractivity contribution in [1.29, 1.82) is 0 Å². The number of amides is 1. The molecule has 1 aliphatic heterocycles. The van der Waals surface area contributed by atoms with Gasteiger partial charge in [0.2, 0.25) is 5.91 Å². The van der Waals surface area contributed by atoms with Gasteiger partial charge in [0.1, 0.15) is 0 Å². The number of hydrogen-bond acceptors (Lipinski definition) is 3. The van der Waals surface area contributed by atoms with Crippen LogP contribution < -0.4 is 0 Å². The normalized spacial score (nSPS) is 22.6. The molecule has 2 atom stereocenters. The van der Waals surface area contributed by atoms with Gasteiger partial charge < -0.3 is 10.0 Å². The van der Waals surface area contributed by atoms with Crippen molar-refractivity contribution in [2.75, 3.05) is 26.7 Å². The maximum atomic E-state index is 12.5. The number of aliphatic hydroxyl groups excluding tert-OH is 1. The van der Waals surface area contributed by atoms with Crippen molar-refractivity contribution < 1.29 is 9.90 Å². The van der Waals surface area contributed by atoms with E-state index in [0.29, 0.717) is 6.42 Å². The topological polar surface area (TPSA) is 43.8 Å². The number of hydrogen-bond donors (Lipinski definition) is 1. The van der Waals surface area contributed by atoms with Crippen LogP contribution in [0.4, 0.5) is 0 Å². The smallest absolute Gasteiger partial charge is 0.240 e. The van der Waals surface area contributed by atoms with Gasteiger partial charge in [0.05, 0.1) is 12.1 Å². The fraction of sp³-hybridized carbons (Fsp3) is 0.533. The average Bonchev–Trinajstić information content (AvgIpc) is 2.44. The highest BCUT2D eigenvalue weighted by Gasteiger charge is 2.34. The Bertz CT molecular complexity index is 421. The molecule has 0 aliphatic carbocycles. The predicted molar refractivity (Wildman–Crippen MR) is 74.7 cm³/mol. The highest BCUT2D eigenvalue weighted by Crippen LogP contribution is 2.24. The summed E-state index contributed by atoms with van der Waals surface area (Å²) in [4.78, 5) is 16.5. The first-order chi connectivity index (χ1) is 9.15. The second kappa shape index (κ2) is 6.17. The molecule has 1 N–H and O–H groups in total. The number of carbonyl (C=O) groups excluding carboxylic acids is 1. The van der Waals surface area contributed by atoms with E-state index in [0.717, 1.165) is 18.7 Å². The minimum atomic E-state index is -0.190. The van der Waals surface area contributed by atoms with Gasteiger partial charge in [-0.1, -0.05) is 30.3 Å². The highest BCUT2D eigenvalue weighted by atomic mass is 16.3. The molecule has 19 heavy (non-hydrogen) atoms. The van der Waals surface area contributed by atoms with Crippen LogP contribution in [-0.2, 0) is 4.79 Å². The molecule has 4 heteroatoms. The number of benzene rings is 1. The third-order valence-corrected chi connectivity index (χ3v) is 3.95. The molecular formula is C15H22N2O2. The molecular weight excluding hydrogens is 240 g/mol. The zero-order valence-corrected chi connectivity index (χ0v) is 11.6. The lowest BCUT2D eigenvalue weighted by atomic mass is 10.0. The summed E-state index contributed by atoms with van der Waals surface area (Å²) in [7, 11) is 1.95. The van der Waals surface area contributed by atoms with Gasteiger partial charge in [0, 0.05) is 19.7 Å². The molecule has 0 radical (unpaired) electrons. The summed E-state index contributed by atoms with van der Waals surface area (Å²) in [5.41, 5.74) is 1.16. The summed E-state index contributed by atoms with van der Waals surface area (Å²) in [6.45, 7) is 3.71. The van der Waals surface area contributed by atoms with Crippen LogP contribution in [0, 0.1) is 0 Å². The molecule has 4 nitrogen and oxygen atoms in total. The zero-order valence-electron chi connectivity index (χ0n) is 11.6. The van der Waals surface area contributed by atoms with Crippen LogP contribution in [-0.4, -0.2) is 53.6 Å². The Morgan fingerprint density at radius 3 is 2.63 bits per heavy atom. The molecule has 1 aromatic carbocycles. The monoisotopic (exact) mass is 262 g/mol. The van der Waals surface area contributed by atoms with E-state index in [9.17, 15) is 4.79 Å². The van der Waals surface area contributed by atoms with E-state index in [-0.39, 0.29) is 24.6 Å². The minimum Gasteiger partial charge on any atom is -0.396 e. The first kappa shape index (κ1) is 14.0. The van der Waals surface area contributed by atoms with E-state index in [2.05, 4.69) is 19.1 Å². The summed E-state index contributed by atoms with van der Waals surface area (Å²) in [6, 6.07) is 9.98. The first-order valence-corrected chi connectivity index (χ1v) is 6.81. The lowest BCUT2D eigenvalue weighted by Crippen LogP contribution is -2.56. The molecule has 1 aromatic rings. The van der Waals surface area contributed by atoms with Gasteiger partial charge in [0.15, 0.2) is 0 Å². The van der Waals surface area contributed by atoms with Gasteiger partial charge in [-0.15, -0.1) is 0 Å². The Hall–Kier alpha value is -1.39. The van der Waals surface area contributed by atoms with E-state index in [1.807, 2.05) is 35.0 Å². The van der Waals surface area contributed by atoms with Gasteiger partial charge in [-0.2, -0.15) is 0 Å². The number of aliphatic hydroxyl groups is 1.